The van der Waals surface area contributed by atoms with Crippen molar-refractivity contribution in [2.24, 2.45) is 5.92 Å². The van der Waals surface area contributed by atoms with Gasteiger partial charge in [-0.1, -0.05) is 43.8 Å². The number of amides is 1. The molecule has 35 heavy (non-hydrogen) atoms. The molecule has 9 nitrogen and oxygen atoms in total. The average Bonchev–Trinajstić information content (AvgIpc) is 3.35. The Morgan fingerprint density at radius 3 is 2.57 bits per heavy atom. The quantitative estimate of drug-likeness (QED) is 0.477. The summed E-state index contributed by atoms with van der Waals surface area (Å²) in [5, 5.41) is 22.3. The number of benzene rings is 1. The first-order valence-corrected chi connectivity index (χ1v) is 12.7. The fourth-order valence-electron chi connectivity index (χ4n) is 4.17. The number of anilines is 2. The molecule has 1 N–H and O–H groups in total. The van der Waals surface area contributed by atoms with Crippen molar-refractivity contribution in [3.05, 3.63) is 47.2 Å². The zero-order valence-electron chi connectivity index (χ0n) is 20.6. The second-order valence-corrected chi connectivity index (χ2v) is 9.88. The van der Waals surface area contributed by atoms with Crippen LogP contribution in [0, 0.1) is 31.1 Å². The molecule has 1 aliphatic rings. The Morgan fingerprint density at radius 2 is 1.91 bits per heavy atom. The number of thioether (sulfide) groups is 1. The molecule has 0 spiro atoms. The van der Waals surface area contributed by atoms with E-state index in [2.05, 4.69) is 44.9 Å². The van der Waals surface area contributed by atoms with Crippen LogP contribution in [0.4, 0.5) is 11.8 Å². The van der Waals surface area contributed by atoms with Gasteiger partial charge in [0, 0.05) is 31.0 Å². The van der Waals surface area contributed by atoms with Gasteiger partial charge in [0.25, 0.3) is 0 Å². The third-order valence-corrected chi connectivity index (χ3v) is 6.94. The Hall–Kier alpha value is -3.29. The molecule has 2 aromatic heterocycles. The van der Waals surface area contributed by atoms with Gasteiger partial charge in [0.15, 0.2) is 5.16 Å². The Kier molecular flexibility index (Phi) is 7.78. The monoisotopic (exact) mass is 493 g/mol. The van der Waals surface area contributed by atoms with E-state index in [0.717, 1.165) is 42.5 Å². The summed E-state index contributed by atoms with van der Waals surface area (Å²) >= 11 is 1.35. The van der Waals surface area contributed by atoms with Gasteiger partial charge in [0.1, 0.15) is 11.9 Å². The minimum Gasteiger partial charge on any atom is -0.378 e. The van der Waals surface area contributed by atoms with Gasteiger partial charge in [-0.3, -0.25) is 13.9 Å². The number of carbonyl (C=O) groups is 1. The summed E-state index contributed by atoms with van der Waals surface area (Å²) in [6.07, 6.45) is 0. The van der Waals surface area contributed by atoms with Crippen molar-refractivity contribution >= 4 is 29.4 Å². The third kappa shape index (κ3) is 5.36. The largest absolute Gasteiger partial charge is 0.378 e. The first kappa shape index (κ1) is 24.8. The molecule has 184 valence electrons. The molecule has 0 atom stereocenters. The van der Waals surface area contributed by atoms with E-state index in [0.29, 0.717) is 35.7 Å². The summed E-state index contributed by atoms with van der Waals surface area (Å²) in [5.41, 5.74) is 3.14. The van der Waals surface area contributed by atoms with Crippen LogP contribution >= 0.6 is 11.8 Å². The van der Waals surface area contributed by atoms with E-state index in [4.69, 9.17) is 4.74 Å². The number of rotatable bonds is 8. The van der Waals surface area contributed by atoms with Crippen LogP contribution in [0.15, 0.2) is 35.5 Å². The number of hydrogen-bond acceptors (Lipinski definition) is 7. The van der Waals surface area contributed by atoms with Crippen LogP contribution in [0.25, 0.3) is 5.69 Å². The van der Waals surface area contributed by atoms with E-state index >= 15 is 0 Å². The molecule has 10 heteroatoms. The van der Waals surface area contributed by atoms with Crippen LogP contribution in [-0.4, -0.2) is 57.3 Å². The summed E-state index contributed by atoms with van der Waals surface area (Å²) in [5.74, 6) is 1.67. The molecule has 1 amide bonds. The van der Waals surface area contributed by atoms with E-state index in [1.165, 1.54) is 11.8 Å². The number of hydrogen-bond donors (Lipinski definition) is 1. The Bertz CT molecular complexity index is 1220. The number of para-hydroxylation sites is 1. The molecular weight excluding hydrogens is 462 g/mol. The van der Waals surface area contributed by atoms with Gasteiger partial charge in [0.05, 0.1) is 24.5 Å². The van der Waals surface area contributed by atoms with Crippen molar-refractivity contribution in [2.45, 2.75) is 39.4 Å². The summed E-state index contributed by atoms with van der Waals surface area (Å²) in [6.45, 7) is 11.8. The second-order valence-electron chi connectivity index (χ2n) is 8.94. The lowest BCUT2D eigenvalue weighted by Crippen LogP contribution is -2.38. The first-order chi connectivity index (χ1) is 16.9. The molecule has 1 saturated heterocycles. The van der Waals surface area contributed by atoms with Gasteiger partial charge in [0.2, 0.25) is 11.9 Å². The van der Waals surface area contributed by atoms with Crippen molar-refractivity contribution in [3.63, 3.8) is 0 Å². The normalized spacial score (nSPS) is 13.8. The SMILES string of the molecule is Cc1c(C#N)c(NC(=O)CSc2nnc(N3CCOCC3)n2CC(C)C)n(-c2ccccc2)c1C. The Balaban J connectivity index is 1.54. The lowest BCUT2D eigenvalue weighted by Gasteiger charge is -2.28. The zero-order valence-corrected chi connectivity index (χ0v) is 21.4. The number of nitrogens with one attached hydrogen (secondary N) is 1. The number of carbonyl (C=O) groups excluding carboxylic acids is 1. The van der Waals surface area contributed by atoms with Crippen molar-refractivity contribution in [1.82, 2.24) is 19.3 Å². The molecule has 0 bridgehead atoms. The maximum Gasteiger partial charge on any atom is 0.236 e. The molecule has 1 fully saturated rings. The molecular formula is C25H31N7O2S. The van der Waals surface area contributed by atoms with Crippen LogP contribution in [0.3, 0.4) is 0 Å². The average molecular weight is 494 g/mol. The molecule has 3 heterocycles. The molecule has 0 aliphatic carbocycles. The van der Waals surface area contributed by atoms with Gasteiger partial charge in [-0.05, 0) is 37.5 Å². The molecule has 3 aromatic rings. The van der Waals surface area contributed by atoms with E-state index in [-0.39, 0.29) is 11.7 Å². The van der Waals surface area contributed by atoms with Crippen molar-refractivity contribution in [3.8, 4) is 11.8 Å². The van der Waals surface area contributed by atoms with E-state index in [1.807, 2.05) is 48.7 Å². The molecule has 0 unspecified atom stereocenters. The van der Waals surface area contributed by atoms with Crippen molar-refractivity contribution in [1.29, 1.82) is 5.26 Å². The maximum absolute atomic E-state index is 13.1. The van der Waals surface area contributed by atoms with Gasteiger partial charge in [-0.25, -0.2) is 0 Å². The van der Waals surface area contributed by atoms with Crippen LogP contribution in [0.2, 0.25) is 0 Å². The number of nitrogens with zero attached hydrogens (tertiary/aromatic N) is 6. The van der Waals surface area contributed by atoms with Crippen LogP contribution in [0.1, 0.15) is 30.7 Å². The zero-order chi connectivity index (χ0) is 24.9. The first-order valence-electron chi connectivity index (χ1n) is 11.8. The van der Waals surface area contributed by atoms with Gasteiger partial charge in [-0.15, -0.1) is 10.2 Å². The highest BCUT2D eigenvalue weighted by Gasteiger charge is 2.23. The minimum atomic E-state index is -0.201. The highest BCUT2D eigenvalue weighted by Crippen LogP contribution is 2.30. The smallest absolute Gasteiger partial charge is 0.236 e. The van der Waals surface area contributed by atoms with Crippen molar-refractivity contribution in [2.75, 3.05) is 42.3 Å². The summed E-state index contributed by atoms with van der Waals surface area (Å²) in [6, 6.07) is 12.0. The highest BCUT2D eigenvalue weighted by molar-refractivity contribution is 7.99. The predicted molar refractivity (Wildman–Crippen MR) is 137 cm³/mol. The van der Waals surface area contributed by atoms with Crippen LogP contribution < -0.4 is 10.2 Å². The fraction of sp³-hybridized carbons (Fsp3) is 0.440. The fourth-order valence-corrected chi connectivity index (χ4v) is 4.91. The number of ether oxygens (including phenoxy) is 1. The van der Waals surface area contributed by atoms with Gasteiger partial charge in [-0.2, -0.15) is 5.26 Å². The molecule has 0 radical (unpaired) electrons. The predicted octanol–water partition coefficient (Wildman–Crippen LogP) is 3.78. The van der Waals surface area contributed by atoms with Crippen LogP contribution in [0.5, 0.6) is 0 Å². The number of nitriles is 1. The Labute approximate surface area is 210 Å². The highest BCUT2D eigenvalue weighted by atomic mass is 32.2. The lowest BCUT2D eigenvalue weighted by molar-refractivity contribution is -0.113. The minimum absolute atomic E-state index is 0.155. The second kappa shape index (κ2) is 11.0. The number of aromatic nitrogens is 4. The van der Waals surface area contributed by atoms with E-state index in [1.54, 1.807) is 0 Å². The van der Waals surface area contributed by atoms with Crippen molar-refractivity contribution < 1.29 is 9.53 Å². The topological polar surface area (TPSA) is 101 Å². The third-order valence-electron chi connectivity index (χ3n) is 5.97. The van der Waals surface area contributed by atoms with Crippen LogP contribution in [-0.2, 0) is 16.1 Å². The van der Waals surface area contributed by atoms with E-state index in [9.17, 15) is 10.1 Å². The Morgan fingerprint density at radius 1 is 1.20 bits per heavy atom. The van der Waals surface area contributed by atoms with E-state index < -0.39 is 0 Å². The van der Waals surface area contributed by atoms with Gasteiger partial charge < -0.3 is 15.0 Å². The summed E-state index contributed by atoms with van der Waals surface area (Å²) in [4.78, 5) is 15.2. The van der Waals surface area contributed by atoms with Gasteiger partial charge >= 0.3 is 0 Å². The summed E-state index contributed by atoms with van der Waals surface area (Å²) in [7, 11) is 0. The standard InChI is InChI=1S/C25H31N7O2S/c1-17(2)15-31-24(30-10-12-34-13-11-30)28-29-25(31)35-16-22(33)27-23-21(14-26)18(3)19(4)32(23)20-8-6-5-7-9-20/h5-9,17H,10-13,15-16H2,1-4H3,(H,27,33). The molecule has 0 saturated carbocycles. The molecule has 1 aromatic carbocycles. The summed E-state index contributed by atoms with van der Waals surface area (Å²) < 4.78 is 9.49. The molecule has 1 aliphatic heterocycles. The maximum atomic E-state index is 13.1. The number of morpholine rings is 1. The molecule has 4 rings (SSSR count). The lowest BCUT2D eigenvalue weighted by atomic mass is 10.2.